The molecule has 1 atom stereocenters. The van der Waals surface area contributed by atoms with Crippen molar-refractivity contribution in [2.75, 3.05) is 24.5 Å². The lowest BCUT2D eigenvalue weighted by Crippen LogP contribution is -2.46. The zero-order valence-corrected chi connectivity index (χ0v) is 16.5. The van der Waals surface area contributed by atoms with E-state index in [0.29, 0.717) is 17.8 Å². The normalized spacial score (nSPS) is 21.4. The van der Waals surface area contributed by atoms with Crippen molar-refractivity contribution < 1.29 is 8.78 Å². The monoisotopic (exact) mass is 408 g/mol. The maximum atomic E-state index is 14.0. The molecule has 2 aromatic rings. The Hall–Kier alpha value is -1.99. The highest BCUT2D eigenvalue weighted by atomic mass is 35.5. The maximum Gasteiger partial charge on any atom is 0.292 e. The Kier molecular flexibility index (Phi) is 5.38. The number of aromatic nitrogens is 2. The number of hydrogen-bond acceptors (Lipinski definition) is 4. The molecule has 0 aliphatic carbocycles. The standard InChI is InChI=1S/C20H23ClF2N4O/c1-13-3-2-8-26(13)15-6-9-25(10-7-15)18-12-24-27(20(28)19(18)21)17-5-4-14(22)11-16(17)23/h4-5,11-13,15H,2-3,6-10H2,1H3. The first-order valence-electron chi connectivity index (χ1n) is 9.69. The quantitative estimate of drug-likeness (QED) is 0.778. The van der Waals surface area contributed by atoms with Crippen LogP contribution in [0.15, 0.2) is 29.2 Å². The summed E-state index contributed by atoms with van der Waals surface area (Å²) in [5.41, 5.74) is -0.167. The van der Waals surface area contributed by atoms with Crippen LogP contribution in [0.1, 0.15) is 32.6 Å². The highest BCUT2D eigenvalue weighted by Gasteiger charge is 2.31. The highest BCUT2D eigenvalue weighted by molar-refractivity contribution is 6.33. The molecule has 0 bridgehead atoms. The number of likely N-dealkylation sites (tertiary alicyclic amines) is 1. The molecule has 150 valence electrons. The summed E-state index contributed by atoms with van der Waals surface area (Å²) in [6.07, 6.45) is 6.03. The van der Waals surface area contributed by atoms with Crippen LogP contribution in [0.25, 0.3) is 5.69 Å². The summed E-state index contributed by atoms with van der Waals surface area (Å²) in [6.45, 7) is 5.04. The van der Waals surface area contributed by atoms with Crippen LogP contribution in [-0.4, -0.2) is 46.4 Å². The van der Waals surface area contributed by atoms with Crippen LogP contribution in [0.2, 0.25) is 5.02 Å². The Bertz CT molecular complexity index is 927. The van der Waals surface area contributed by atoms with Gasteiger partial charge >= 0.3 is 0 Å². The van der Waals surface area contributed by atoms with Gasteiger partial charge in [-0.05, 0) is 51.3 Å². The second kappa shape index (κ2) is 7.79. The molecule has 2 aliphatic heterocycles. The van der Waals surface area contributed by atoms with Gasteiger partial charge in [-0.15, -0.1) is 0 Å². The molecule has 3 heterocycles. The van der Waals surface area contributed by atoms with E-state index in [1.165, 1.54) is 25.1 Å². The van der Waals surface area contributed by atoms with E-state index in [2.05, 4.69) is 21.8 Å². The van der Waals surface area contributed by atoms with E-state index in [9.17, 15) is 13.6 Å². The molecule has 2 saturated heterocycles. The molecular formula is C20H23ClF2N4O. The topological polar surface area (TPSA) is 41.4 Å². The van der Waals surface area contributed by atoms with Gasteiger partial charge in [0.1, 0.15) is 16.5 Å². The van der Waals surface area contributed by atoms with Gasteiger partial charge in [-0.2, -0.15) is 9.78 Å². The predicted molar refractivity (Wildman–Crippen MR) is 105 cm³/mol. The third-order valence-corrected chi connectivity index (χ3v) is 6.27. The number of rotatable bonds is 3. The minimum absolute atomic E-state index is 0.00622. The lowest BCUT2D eigenvalue weighted by molar-refractivity contribution is 0.163. The van der Waals surface area contributed by atoms with Gasteiger partial charge < -0.3 is 4.90 Å². The first-order chi connectivity index (χ1) is 13.5. The molecule has 8 heteroatoms. The van der Waals surface area contributed by atoms with Gasteiger partial charge in [-0.3, -0.25) is 9.69 Å². The Balaban J connectivity index is 1.54. The van der Waals surface area contributed by atoms with E-state index >= 15 is 0 Å². The number of hydrogen-bond donors (Lipinski definition) is 0. The molecule has 4 rings (SSSR count). The molecular weight excluding hydrogens is 386 g/mol. The van der Waals surface area contributed by atoms with Gasteiger partial charge in [0.15, 0.2) is 5.82 Å². The predicted octanol–water partition coefficient (Wildman–Crippen LogP) is 3.62. The summed E-state index contributed by atoms with van der Waals surface area (Å²) in [5, 5.41) is 4.09. The average Bonchev–Trinajstić information content (AvgIpc) is 3.11. The number of anilines is 1. The summed E-state index contributed by atoms with van der Waals surface area (Å²) >= 11 is 6.33. The summed E-state index contributed by atoms with van der Waals surface area (Å²) in [5.74, 6) is -1.58. The fourth-order valence-electron chi connectivity index (χ4n) is 4.41. The van der Waals surface area contributed by atoms with E-state index in [1.807, 2.05) is 0 Å². The van der Waals surface area contributed by atoms with E-state index in [4.69, 9.17) is 11.6 Å². The summed E-state index contributed by atoms with van der Waals surface area (Å²) < 4.78 is 28.0. The van der Waals surface area contributed by atoms with Gasteiger partial charge in [-0.25, -0.2) is 8.78 Å². The van der Waals surface area contributed by atoms with Crippen LogP contribution in [0.5, 0.6) is 0 Å². The smallest absolute Gasteiger partial charge is 0.292 e. The molecule has 0 saturated carbocycles. The SMILES string of the molecule is CC1CCCN1C1CCN(c2cnn(-c3ccc(F)cc3F)c(=O)c2Cl)CC1. The second-order valence-electron chi connectivity index (χ2n) is 7.60. The van der Waals surface area contributed by atoms with Gasteiger partial charge in [0.2, 0.25) is 0 Å². The molecule has 1 unspecified atom stereocenters. The van der Waals surface area contributed by atoms with Crippen molar-refractivity contribution in [3.63, 3.8) is 0 Å². The number of nitrogens with zero attached hydrogens (tertiary/aromatic N) is 4. The van der Waals surface area contributed by atoms with Crippen molar-refractivity contribution in [3.05, 3.63) is 51.4 Å². The molecule has 0 N–H and O–H groups in total. The minimum Gasteiger partial charge on any atom is -0.369 e. The highest BCUT2D eigenvalue weighted by Crippen LogP contribution is 2.30. The van der Waals surface area contributed by atoms with Crippen molar-refractivity contribution >= 4 is 17.3 Å². The maximum absolute atomic E-state index is 14.0. The second-order valence-corrected chi connectivity index (χ2v) is 7.98. The van der Waals surface area contributed by atoms with Crippen LogP contribution in [0.3, 0.4) is 0 Å². The molecule has 2 fully saturated rings. The average molecular weight is 409 g/mol. The molecule has 1 aromatic heterocycles. The minimum atomic E-state index is -0.862. The Morgan fingerprint density at radius 1 is 1.11 bits per heavy atom. The molecule has 28 heavy (non-hydrogen) atoms. The van der Waals surface area contributed by atoms with E-state index in [1.54, 1.807) is 0 Å². The third-order valence-electron chi connectivity index (χ3n) is 5.92. The third kappa shape index (κ3) is 3.53. The van der Waals surface area contributed by atoms with Crippen molar-refractivity contribution in [1.29, 1.82) is 0 Å². The van der Waals surface area contributed by atoms with Gasteiger partial charge in [-0.1, -0.05) is 11.6 Å². The number of halogens is 3. The molecule has 0 radical (unpaired) electrons. The molecule has 1 aromatic carbocycles. The van der Waals surface area contributed by atoms with Gasteiger partial charge in [0.25, 0.3) is 5.56 Å². The van der Waals surface area contributed by atoms with Crippen LogP contribution < -0.4 is 10.5 Å². The summed E-state index contributed by atoms with van der Waals surface area (Å²) in [4.78, 5) is 17.3. The van der Waals surface area contributed by atoms with Crippen LogP contribution in [-0.2, 0) is 0 Å². The van der Waals surface area contributed by atoms with E-state index in [-0.39, 0.29) is 10.7 Å². The van der Waals surface area contributed by atoms with Crippen LogP contribution in [0.4, 0.5) is 14.5 Å². The number of benzene rings is 1. The molecule has 5 nitrogen and oxygen atoms in total. The number of piperidine rings is 1. The largest absolute Gasteiger partial charge is 0.369 e. The van der Waals surface area contributed by atoms with Crippen molar-refractivity contribution in [2.45, 2.75) is 44.7 Å². The van der Waals surface area contributed by atoms with E-state index < -0.39 is 17.2 Å². The lowest BCUT2D eigenvalue weighted by atomic mass is 10.0. The van der Waals surface area contributed by atoms with Crippen molar-refractivity contribution in [2.24, 2.45) is 0 Å². The van der Waals surface area contributed by atoms with E-state index in [0.717, 1.165) is 49.3 Å². The van der Waals surface area contributed by atoms with Gasteiger partial charge in [0.05, 0.1) is 11.9 Å². The summed E-state index contributed by atoms with van der Waals surface area (Å²) in [6, 6.07) is 4.18. The van der Waals surface area contributed by atoms with Crippen LogP contribution in [0, 0.1) is 11.6 Å². The first-order valence-corrected chi connectivity index (χ1v) is 10.1. The molecule has 0 amide bonds. The van der Waals surface area contributed by atoms with Gasteiger partial charge in [0, 0.05) is 31.2 Å². The summed E-state index contributed by atoms with van der Waals surface area (Å²) in [7, 11) is 0. The Labute approximate surface area is 167 Å². The first kappa shape index (κ1) is 19.3. The van der Waals surface area contributed by atoms with Crippen molar-refractivity contribution in [3.8, 4) is 5.69 Å². The Morgan fingerprint density at radius 2 is 1.86 bits per heavy atom. The lowest BCUT2D eigenvalue weighted by Gasteiger charge is -2.39. The van der Waals surface area contributed by atoms with Crippen molar-refractivity contribution in [1.82, 2.24) is 14.7 Å². The Morgan fingerprint density at radius 3 is 2.50 bits per heavy atom. The molecule has 2 aliphatic rings. The fourth-order valence-corrected chi connectivity index (χ4v) is 4.65. The van der Waals surface area contributed by atoms with Crippen LogP contribution >= 0.6 is 11.6 Å². The zero-order chi connectivity index (χ0) is 19.8. The molecule has 0 spiro atoms. The zero-order valence-electron chi connectivity index (χ0n) is 15.7. The fraction of sp³-hybridized carbons (Fsp3) is 0.500.